The molecule has 0 aliphatic carbocycles. The molecule has 1 aliphatic heterocycles. The molecule has 0 atom stereocenters. The minimum absolute atomic E-state index is 0.0293. The summed E-state index contributed by atoms with van der Waals surface area (Å²) in [7, 11) is -2.25. The SMILES string of the molecule is CCCc1cn(C)c(C(N)=O)c1NC(=O)c1cc(S(=O)(=O)N2CCC(CCc3ccccc3C(=O)O)CC2)ccc1OCC. The first-order valence-electron chi connectivity index (χ1n) is 14.8. The first-order chi connectivity index (χ1) is 21.0. The molecule has 0 bridgehead atoms. The molecule has 1 fully saturated rings. The molecule has 1 saturated heterocycles. The van der Waals surface area contributed by atoms with Crippen molar-refractivity contribution in [1.29, 1.82) is 0 Å². The number of ether oxygens (including phenoxy) is 1. The highest BCUT2D eigenvalue weighted by atomic mass is 32.2. The summed E-state index contributed by atoms with van der Waals surface area (Å²) in [5.74, 6) is -1.79. The molecule has 44 heavy (non-hydrogen) atoms. The number of nitrogens with two attached hydrogens (primary N) is 1. The Morgan fingerprint density at radius 1 is 1.02 bits per heavy atom. The summed E-state index contributed by atoms with van der Waals surface area (Å²) >= 11 is 0. The van der Waals surface area contributed by atoms with Gasteiger partial charge in [0, 0.05) is 26.3 Å². The van der Waals surface area contributed by atoms with Gasteiger partial charge in [0.25, 0.3) is 11.8 Å². The zero-order valence-electron chi connectivity index (χ0n) is 25.3. The molecule has 0 spiro atoms. The van der Waals surface area contributed by atoms with Gasteiger partial charge in [0.2, 0.25) is 10.0 Å². The van der Waals surface area contributed by atoms with Crippen molar-refractivity contribution >= 4 is 33.5 Å². The smallest absolute Gasteiger partial charge is 0.335 e. The van der Waals surface area contributed by atoms with Gasteiger partial charge in [0.05, 0.1) is 28.3 Å². The quantitative estimate of drug-likeness (QED) is 0.253. The predicted molar refractivity (Wildman–Crippen MR) is 167 cm³/mol. The maximum atomic E-state index is 13.7. The second kappa shape index (κ2) is 14.1. The number of amides is 2. The Balaban J connectivity index is 1.51. The largest absolute Gasteiger partial charge is 0.493 e. The van der Waals surface area contributed by atoms with Crippen molar-refractivity contribution < 1.29 is 32.6 Å². The van der Waals surface area contributed by atoms with Gasteiger partial charge in [0.1, 0.15) is 11.4 Å². The Kier molecular flexibility index (Phi) is 10.5. The van der Waals surface area contributed by atoms with Crippen molar-refractivity contribution in [2.45, 2.75) is 57.3 Å². The van der Waals surface area contributed by atoms with Crippen LogP contribution >= 0.6 is 0 Å². The van der Waals surface area contributed by atoms with Gasteiger partial charge in [-0.1, -0.05) is 31.5 Å². The van der Waals surface area contributed by atoms with E-state index in [1.54, 1.807) is 36.9 Å². The van der Waals surface area contributed by atoms with E-state index in [4.69, 9.17) is 10.5 Å². The maximum absolute atomic E-state index is 13.7. The number of carboxylic acid groups (broad SMARTS) is 1. The molecular weight excluding hydrogens is 584 g/mol. The molecule has 11 nitrogen and oxygen atoms in total. The van der Waals surface area contributed by atoms with Crippen LogP contribution in [0.3, 0.4) is 0 Å². The molecule has 236 valence electrons. The van der Waals surface area contributed by atoms with Gasteiger partial charge in [-0.25, -0.2) is 13.2 Å². The molecule has 4 rings (SSSR count). The number of piperidine rings is 1. The van der Waals surface area contributed by atoms with E-state index in [0.29, 0.717) is 50.0 Å². The normalized spacial score (nSPS) is 14.3. The number of nitrogens with one attached hydrogen (secondary N) is 1. The van der Waals surface area contributed by atoms with E-state index in [9.17, 15) is 27.9 Å². The molecule has 1 aliphatic rings. The van der Waals surface area contributed by atoms with Gasteiger partial charge < -0.3 is 25.5 Å². The first-order valence-corrected chi connectivity index (χ1v) is 16.3. The number of carboxylic acids is 1. The van der Waals surface area contributed by atoms with Crippen molar-refractivity contribution in [1.82, 2.24) is 8.87 Å². The third kappa shape index (κ3) is 7.13. The van der Waals surface area contributed by atoms with E-state index in [1.807, 2.05) is 19.1 Å². The summed E-state index contributed by atoms with van der Waals surface area (Å²) in [6.45, 7) is 4.63. The van der Waals surface area contributed by atoms with Crippen LogP contribution in [-0.2, 0) is 29.9 Å². The van der Waals surface area contributed by atoms with Crippen LogP contribution in [0.4, 0.5) is 5.69 Å². The van der Waals surface area contributed by atoms with Crippen LogP contribution in [0.1, 0.15) is 81.9 Å². The Morgan fingerprint density at radius 3 is 2.36 bits per heavy atom. The van der Waals surface area contributed by atoms with Gasteiger partial charge in [-0.3, -0.25) is 9.59 Å². The van der Waals surface area contributed by atoms with Gasteiger partial charge in [-0.05, 0) is 80.3 Å². The number of hydrogen-bond acceptors (Lipinski definition) is 6. The Bertz CT molecular complexity index is 1640. The van der Waals surface area contributed by atoms with Gasteiger partial charge in [-0.2, -0.15) is 4.31 Å². The zero-order chi connectivity index (χ0) is 32.0. The van der Waals surface area contributed by atoms with Crippen molar-refractivity contribution in [3.63, 3.8) is 0 Å². The number of aromatic carboxylic acids is 1. The zero-order valence-corrected chi connectivity index (χ0v) is 26.2. The number of carbonyl (C=O) groups excluding carboxylic acids is 2. The summed E-state index contributed by atoms with van der Waals surface area (Å²) in [4.78, 5) is 37.3. The Hall–Kier alpha value is -4.16. The van der Waals surface area contributed by atoms with Crippen LogP contribution < -0.4 is 15.8 Å². The molecular formula is C32H40N4O7S. The van der Waals surface area contributed by atoms with E-state index < -0.39 is 27.8 Å². The van der Waals surface area contributed by atoms with E-state index >= 15 is 0 Å². The summed E-state index contributed by atoms with van der Waals surface area (Å²) in [6.07, 6.45) is 5.78. The maximum Gasteiger partial charge on any atom is 0.335 e. The standard InChI is InChI=1S/C32H40N4O7S/c1-4-8-23-20-35(3)29(30(33)37)28(23)34-31(38)26-19-24(13-14-27(26)43-5-2)44(41,42)36-17-15-21(16-18-36)11-12-22-9-6-7-10-25(22)32(39)40/h6-7,9-10,13-14,19-21H,4-5,8,11-12,15-18H2,1-3H3,(H2,33,37)(H,34,38)(H,39,40). The molecule has 1 aromatic heterocycles. The second-order valence-electron chi connectivity index (χ2n) is 11.0. The van der Waals surface area contributed by atoms with Gasteiger partial charge in [-0.15, -0.1) is 0 Å². The predicted octanol–water partition coefficient (Wildman–Crippen LogP) is 4.46. The lowest BCUT2D eigenvalue weighted by molar-refractivity contribution is 0.0695. The van der Waals surface area contributed by atoms with Gasteiger partial charge in [0.15, 0.2) is 0 Å². The highest BCUT2D eigenvalue weighted by Gasteiger charge is 2.31. The fourth-order valence-electron chi connectivity index (χ4n) is 5.79. The number of aryl methyl sites for hydroxylation is 3. The lowest BCUT2D eigenvalue weighted by Gasteiger charge is -2.31. The molecule has 2 heterocycles. The van der Waals surface area contributed by atoms with Crippen molar-refractivity contribution in [2.24, 2.45) is 18.7 Å². The van der Waals surface area contributed by atoms with Crippen LogP contribution in [0.5, 0.6) is 5.75 Å². The van der Waals surface area contributed by atoms with Crippen LogP contribution in [-0.4, -0.2) is 59.9 Å². The fourth-order valence-corrected chi connectivity index (χ4v) is 7.29. The third-order valence-electron chi connectivity index (χ3n) is 8.03. The molecule has 2 amide bonds. The van der Waals surface area contributed by atoms with Crippen LogP contribution in [0.25, 0.3) is 0 Å². The molecule has 3 aromatic rings. The number of hydrogen-bond donors (Lipinski definition) is 3. The molecule has 4 N–H and O–H groups in total. The van der Waals surface area contributed by atoms with Crippen LogP contribution in [0.15, 0.2) is 53.6 Å². The Morgan fingerprint density at radius 2 is 1.73 bits per heavy atom. The van der Waals surface area contributed by atoms with E-state index in [-0.39, 0.29) is 34.4 Å². The minimum Gasteiger partial charge on any atom is -0.493 e. The van der Waals surface area contributed by atoms with Crippen LogP contribution in [0, 0.1) is 5.92 Å². The fraction of sp³-hybridized carbons (Fsp3) is 0.406. The number of carbonyl (C=O) groups is 3. The number of primary amides is 1. The molecule has 0 unspecified atom stereocenters. The number of aromatic nitrogens is 1. The van der Waals surface area contributed by atoms with E-state index in [2.05, 4.69) is 5.32 Å². The van der Waals surface area contributed by atoms with Gasteiger partial charge >= 0.3 is 5.97 Å². The van der Waals surface area contributed by atoms with Crippen molar-refractivity contribution in [2.75, 3.05) is 25.0 Å². The summed E-state index contributed by atoms with van der Waals surface area (Å²) in [6, 6.07) is 11.2. The lowest BCUT2D eigenvalue weighted by Crippen LogP contribution is -2.38. The number of anilines is 1. The first kappa shape index (κ1) is 32.7. The highest BCUT2D eigenvalue weighted by Crippen LogP contribution is 2.31. The van der Waals surface area contributed by atoms with Crippen LogP contribution in [0.2, 0.25) is 0 Å². The molecule has 2 aromatic carbocycles. The second-order valence-corrected chi connectivity index (χ2v) is 12.9. The number of sulfonamides is 1. The van der Waals surface area contributed by atoms with E-state index in [1.165, 1.54) is 22.5 Å². The summed E-state index contributed by atoms with van der Waals surface area (Å²) in [5, 5.41) is 12.3. The topological polar surface area (TPSA) is 161 Å². The number of nitrogens with zero attached hydrogens (tertiary/aromatic N) is 2. The molecule has 0 radical (unpaired) electrons. The number of benzene rings is 2. The molecule has 12 heteroatoms. The monoisotopic (exact) mass is 624 g/mol. The van der Waals surface area contributed by atoms with Crippen molar-refractivity contribution in [3.05, 3.63) is 76.6 Å². The van der Waals surface area contributed by atoms with E-state index in [0.717, 1.165) is 24.0 Å². The summed E-state index contributed by atoms with van der Waals surface area (Å²) in [5.41, 5.74) is 7.91. The number of rotatable bonds is 13. The third-order valence-corrected chi connectivity index (χ3v) is 9.92. The summed E-state index contributed by atoms with van der Waals surface area (Å²) < 4.78 is 36.1. The minimum atomic E-state index is -3.92. The average molecular weight is 625 g/mol. The highest BCUT2D eigenvalue weighted by molar-refractivity contribution is 7.89. The average Bonchev–Trinajstić information content (AvgIpc) is 3.30. The Labute approximate surface area is 258 Å². The lowest BCUT2D eigenvalue weighted by atomic mass is 9.90. The van der Waals surface area contributed by atoms with Crippen molar-refractivity contribution in [3.8, 4) is 5.75 Å². The molecule has 0 saturated carbocycles.